The minimum atomic E-state index is 0.275. The predicted molar refractivity (Wildman–Crippen MR) is 129 cm³/mol. The van der Waals surface area contributed by atoms with Crippen molar-refractivity contribution in [2.24, 2.45) is 0 Å². The fraction of sp³-hybridized carbons (Fsp3) is 0.111. The van der Waals surface area contributed by atoms with Gasteiger partial charge in [0.15, 0.2) is 0 Å². The number of phenolic OH excluding ortho intramolecular Hbond substituents is 2. The van der Waals surface area contributed by atoms with Gasteiger partial charge in [-0.25, -0.2) is 0 Å². The molecule has 0 unspecified atom stereocenters. The molecule has 4 heteroatoms. The summed E-state index contributed by atoms with van der Waals surface area (Å²) >= 11 is 1.82. The number of phenols is 2. The van der Waals surface area contributed by atoms with E-state index in [1.807, 2.05) is 49.9 Å². The molecule has 1 aliphatic rings. The fourth-order valence-electron chi connectivity index (χ4n) is 3.50. The van der Waals surface area contributed by atoms with Gasteiger partial charge in [-0.1, -0.05) is 71.4 Å². The zero-order valence-corrected chi connectivity index (χ0v) is 18.4. The Morgan fingerprint density at radius 3 is 1.58 bits per heavy atom. The van der Waals surface area contributed by atoms with Crippen LogP contribution in [0.1, 0.15) is 22.3 Å². The van der Waals surface area contributed by atoms with Crippen molar-refractivity contribution in [3.63, 3.8) is 0 Å². The highest BCUT2D eigenvalue weighted by Gasteiger charge is 2.13. The Bertz CT molecular complexity index is 1080. The number of benzene rings is 4. The Hall–Kier alpha value is -3.37. The van der Waals surface area contributed by atoms with Crippen molar-refractivity contribution in [1.29, 1.82) is 0 Å². The van der Waals surface area contributed by atoms with Crippen molar-refractivity contribution in [2.45, 2.75) is 30.1 Å². The summed E-state index contributed by atoms with van der Waals surface area (Å²) in [6.45, 7) is 3.97. The molecule has 1 aliphatic heterocycles. The van der Waals surface area contributed by atoms with Gasteiger partial charge in [-0.15, -0.1) is 0 Å². The normalized spacial score (nSPS) is 11.4. The van der Waals surface area contributed by atoms with E-state index in [1.165, 1.54) is 21.2 Å². The van der Waals surface area contributed by atoms with Crippen LogP contribution in [0, 0.1) is 13.8 Å². The third kappa shape index (κ3) is 5.04. The van der Waals surface area contributed by atoms with E-state index in [2.05, 4.69) is 53.8 Å². The molecule has 0 amide bonds. The second kappa shape index (κ2) is 9.19. The first-order chi connectivity index (χ1) is 15.0. The van der Waals surface area contributed by atoms with E-state index in [0.29, 0.717) is 6.42 Å². The van der Waals surface area contributed by atoms with Gasteiger partial charge in [0.2, 0.25) is 0 Å². The third-order valence-electron chi connectivity index (χ3n) is 5.11. The van der Waals surface area contributed by atoms with Gasteiger partial charge >= 0.3 is 0 Å². The summed E-state index contributed by atoms with van der Waals surface area (Å²) in [6.07, 6.45) is 0.543. The lowest BCUT2D eigenvalue weighted by Crippen LogP contribution is -1.98. The van der Waals surface area contributed by atoms with Gasteiger partial charge < -0.3 is 15.5 Å². The van der Waals surface area contributed by atoms with E-state index < -0.39 is 0 Å². The Kier molecular flexibility index (Phi) is 6.19. The number of nitrogens with one attached hydrogen (secondary N) is 1. The molecule has 0 radical (unpaired) electrons. The molecular weight excluding hydrogens is 402 g/mol. The molecule has 156 valence electrons. The van der Waals surface area contributed by atoms with Crippen molar-refractivity contribution < 1.29 is 10.2 Å². The fourth-order valence-corrected chi connectivity index (χ4v) is 4.49. The number of rotatable bonds is 2. The molecular formula is C27H25NO2S. The summed E-state index contributed by atoms with van der Waals surface area (Å²) in [5.41, 5.74) is 6.29. The number of fused-ring (bicyclic) bond motifs is 2. The van der Waals surface area contributed by atoms with Crippen LogP contribution in [0.4, 0.5) is 11.4 Å². The maximum absolute atomic E-state index is 9.77. The first-order valence-electron chi connectivity index (χ1n) is 10.2. The summed E-state index contributed by atoms with van der Waals surface area (Å²) in [7, 11) is 0. The minimum Gasteiger partial charge on any atom is -0.508 e. The van der Waals surface area contributed by atoms with Gasteiger partial charge in [-0.3, -0.25) is 0 Å². The molecule has 0 atom stereocenters. The SMILES string of the molecule is Cc1ccc(O)c(Cc2cc(C)ccc2O)c1.c1ccc2c(c1)Nc1ccccc1S2. The molecule has 3 nitrogen and oxygen atoms in total. The summed E-state index contributed by atoms with van der Waals surface area (Å²) in [5, 5.41) is 23.0. The minimum absolute atomic E-state index is 0.275. The molecule has 0 bridgehead atoms. The number of hydrogen-bond donors (Lipinski definition) is 3. The first-order valence-corrected chi connectivity index (χ1v) is 11.0. The molecule has 0 aliphatic carbocycles. The van der Waals surface area contributed by atoms with Crippen molar-refractivity contribution in [2.75, 3.05) is 5.32 Å². The quantitative estimate of drug-likeness (QED) is 0.279. The van der Waals surface area contributed by atoms with Crippen molar-refractivity contribution in [3.05, 3.63) is 107 Å². The number of aryl methyl sites for hydroxylation is 2. The van der Waals surface area contributed by atoms with E-state index in [0.717, 1.165) is 22.3 Å². The number of hydrogen-bond acceptors (Lipinski definition) is 4. The molecule has 5 rings (SSSR count). The molecule has 3 N–H and O–H groups in total. The molecule has 0 saturated carbocycles. The third-order valence-corrected chi connectivity index (χ3v) is 6.27. The zero-order chi connectivity index (χ0) is 21.8. The summed E-state index contributed by atoms with van der Waals surface area (Å²) in [5.74, 6) is 0.549. The average molecular weight is 428 g/mol. The highest BCUT2D eigenvalue weighted by Crippen LogP contribution is 2.43. The van der Waals surface area contributed by atoms with Gasteiger partial charge in [0.25, 0.3) is 0 Å². The van der Waals surface area contributed by atoms with Crippen LogP contribution in [-0.4, -0.2) is 10.2 Å². The highest BCUT2D eigenvalue weighted by atomic mass is 32.2. The van der Waals surface area contributed by atoms with Gasteiger partial charge in [-0.2, -0.15) is 0 Å². The van der Waals surface area contributed by atoms with Gasteiger partial charge in [0.1, 0.15) is 11.5 Å². The van der Waals surface area contributed by atoms with E-state index in [9.17, 15) is 10.2 Å². The lowest BCUT2D eigenvalue weighted by molar-refractivity contribution is 0.462. The second-order valence-electron chi connectivity index (χ2n) is 7.66. The standard InChI is InChI=1S/C15H16O2.C12H9NS/c1-10-3-5-14(16)12(7-10)9-13-8-11(2)4-6-15(13)17;1-3-7-11-9(5-1)13-10-6-2-4-8-12(10)14-11/h3-8,16-17H,9H2,1-2H3;1-8,13H. The predicted octanol–water partition coefficient (Wildman–Crippen LogP) is 7.20. The molecule has 0 saturated heterocycles. The topological polar surface area (TPSA) is 52.5 Å². The Morgan fingerprint density at radius 2 is 1.10 bits per heavy atom. The smallest absolute Gasteiger partial charge is 0.119 e. The molecule has 0 aromatic heterocycles. The van der Waals surface area contributed by atoms with Gasteiger partial charge in [0.05, 0.1) is 11.4 Å². The second-order valence-corrected chi connectivity index (χ2v) is 8.74. The zero-order valence-electron chi connectivity index (χ0n) is 17.6. The van der Waals surface area contributed by atoms with Crippen molar-refractivity contribution in [3.8, 4) is 11.5 Å². The van der Waals surface area contributed by atoms with E-state index in [4.69, 9.17) is 0 Å². The monoisotopic (exact) mass is 427 g/mol. The summed E-state index contributed by atoms with van der Waals surface area (Å²) < 4.78 is 0. The summed E-state index contributed by atoms with van der Waals surface area (Å²) in [6, 6.07) is 27.8. The van der Waals surface area contributed by atoms with Crippen LogP contribution in [0.3, 0.4) is 0 Å². The van der Waals surface area contributed by atoms with Crippen LogP contribution < -0.4 is 5.32 Å². The van der Waals surface area contributed by atoms with Crippen LogP contribution in [0.2, 0.25) is 0 Å². The molecule has 4 aromatic carbocycles. The van der Waals surface area contributed by atoms with Crippen LogP contribution in [0.5, 0.6) is 11.5 Å². The molecule has 4 aromatic rings. The molecule has 0 spiro atoms. The molecule has 31 heavy (non-hydrogen) atoms. The Morgan fingerprint density at radius 1 is 0.645 bits per heavy atom. The van der Waals surface area contributed by atoms with Crippen LogP contribution in [0.15, 0.2) is 94.7 Å². The number of aromatic hydroxyl groups is 2. The lowest BCUT2D eigenvalue weighted by Gasteiger charge is -2.19. The Labute approximate surface area is 187 Å². The number of para-hydroxylation sites is 2. The van der Waals surface area contributed by atoms with Gasteiger partial charge in [-0.05, 0) is 61.4 Å². The first kappa shape index (κ1) is 20.9. The number of anilines is 2. The highest BCUT2D eigenvalue weighted by molar-refractivity contribution is 7.99. The van der Waals surface area contributed by atoms with E-state index >= 15 is 0 Å². The van der Waals surface area contributed by atoms with Crippen molar-refractivity contribution in [1.82, 2.24) is 0 Å². The van der Waals surface area contributed by atoms with Crippen molar-refractivity contribution >= 4 is 23.1 Å². The maximum atomic E-state index is 9.77. The van der Waals surface area contributed by atoms with Crippen LogP contribution >= 0.6 is 11.8 Å². The average Bonchev–Trinajstić information content (AvgIpc) is 2.78. The molecule has 1 heterocycles. The lowest BCUT2D eigenvalue weighted by atomic mass is 10.00. The Balaban J connectivity index is 0.000000151. The van der Waals surface area contributed by atoms with Crippen LogP contribution in [-0.2, 0) is 6.42 Å². The van der Waals surface area contributed by atoms with E-state index in [-0.39, 0.29) is 11.5 Å². The summed E-state index contributed by atoms with van der Waals surface area (Å²) in [4.78, 5) is 2.59. The van der Waals surface area contributed by atoms with E-state index in [1.54, 1.807) is 12.1 Å². The maximum Gasteiger partial charge on any atom is 0.119 e. The van der Waals surface area contributed by atoms with Gasteiger partial charge in [0, 0.05) is 16.2 Å². The van der Waals surface area contributed by atoms with Crippen LogP contribution in [0.25, 0.3) is 0 Å². The molecule has 0 fully saturated rings. The largest absolute Gasteiger partial charge is 0.508 e.